The van der Waals surface area contributed by atoms with Gasteiger partial charge in [-0.3, -0.25) is 9.32 Å². The van der Waals surface area contributed by atoms with Gasteiger partial charge in [-0.2, -0.15) is 0 Å². The van der Waals surface area contributed by atoms with E-state index in [1.807, 2.05) is 36.4 Å². The first kappa shape index (κ1) is 19.1. The maximum atomic E-state index is 12.7. The van der Waals surface area contributed by atoms with Crippen LogP contribution < -0.4 is 10.3 Å². The highest BCUT2D eigenvalue weighted by molar-refractivity contribution is 7.39. The number of hydrogen-bond acceptors (Lipinski definition) is 5. The Morgan fingerprint density at radius 1 is 1.12 bits per heavy atom. The average molecular weight is 377 g/mol. The Kier molecular flexibility index (Phi) is 6.80. The number of benzene rings is 1. The zero-order valence-corrected chi connectivity index (χ0v) is 15.5. The molecule has 6 nitrogen and oxygen atoms in total. The predicted molar refractivity (Wildman–Crippen MR) is 101 cm³/mol. The molecule has 0 spiro atoms. The molecule has 7 heteroatoms. The minimum absolute atomic E-state index is 0.213. The van der Waals surface area contributed by atoms with Gasteiger partial charge in [-0.15, -0.1) is 0 Å². The average Bonchev–Trinajstić information content (AvgIpc) is 2.63. The molecule has 1 heterocycles. The number of nitrogens with one attached hydrogen (secondary N) is 1. The van der Waals surface area contributed by atoms with Crippen LogP contribution in [0.5, 0.6) is 5.75 Å². The van der Waals surface area contributed by atoms with Crippen LogP contribution in [-0.4, -0.2) is 21.6 Å². The van der Waals surface area contributed by atoms with Crippen molar-refractivity contribution >= 4 is 8.60 Å². The molecular formula is C19H24NO5P. The minimum Gasteiger partial charge on any atom is -0.466 e. The van der Waals surface area contributed by atoms with Crippen LogP contribution in [0, 0.1) is 5.92 Å². The van der Waals surface area contributed by atoms with Gasteiger partial charge in [0.15, 0.2) is 6.79 Å². The lowest BCUT2D eigenvalue weighted by atomic mass is 9.86. The number of ether oxygens (including phenoxy) is 1. The van der Waals surface area contributed by atoms with E-state index in [1.165, 1.54) is 32.1 Å². The van der Waals surface area contributed by atoms with E-state index in [1.54, 1.807) is 0 Å². The maximum absolute atomic E-state index is 12.7. The van der Waals surface area contributed by atoms with Crippen LogP contribution in [0.3, 0.4) is 0 Å². The first-order valence-electron chi connectivity index (χ1n) is 8.88. The van der Waals surface area contributed by atoms with Crippen LogP contribution in [0.2, 0.25) is 0 Å². The summed E-state index contributed by atoms with van der Waals surface area (Å²) in [7, 11) is -2.50. The van der Waals surface area contributed by atoms with Crippen molar-refractivity contribution in [2.24, 2.45) is 5.92 Å². The minimum atomic E-state index is -2.50. The lowest BCUT2D eigenvalue weighted by molar-refractivity contribution is 0.105. The third kappa shape index (κ3) is 5.15. The number of aromatic nitrogens is 1. The summed E-state index contributed by atoms with van der Waals surface area (Å²) in [5, 5.41) is 0. The van der Waals surface area contributed by atoms with Gasteiger partial charge in [0.05, 0.1) is 5.56 Å². The molecule has 3 N–H and O–H groups in total. The van der Waals surface area contributed by atoms with Crippen LogP contribution in [-0.2, 0) is 10.9 Å². The predicted octanol–water partition coefficient (Wildman–Crippen LogP) is 3.73. The van der Waals surface area contributed by atoms with Crippen molar-refractivity contribution in [1.82, 2.24) is 4.98 Å². The van der Waals surface area contributed by atoms with Gasteiger partial charge in [-0.05, 0) is 17.9 Å². The molecule has 0 radical (unpaired) electrons. The highest BCUT2D eigenvalue weighted by Gasteiger charge is 2.18. The van der Waals surface area contributed by atoms with E-state index in [9.17, 15) is 4.79 Å². The maximum Gasteiger partial charge on any atom is 0.330 e. The normalized spacial score (nSPS) is 15.3. The van der Waals surface area contributed by atoms with Crippen LogP contribution in [0.25, 0.3) is 11.1 Å². The van der Waals surface area contributed by atoms with Gasteiger partial charge < -0.3 is 19.5 Å². The third-order valence-electron chi connectivity index (χ3n) is 4.73. The highest BCUT2D eigenvalue weighted by Crippen LogP contribution is 2.31. The molecule has 1 aliphatic rings. The van der Waals surface area contributed by atoms with E-state index < -0.39 is 8.60 Å². The zero-order valence-electron chi connectivity index (χ0n) is 14.6. The molecule has 1 fully saturated rings. The highest BCUT2D eigenvalue weighted by atomic mass is 31.2. The number of rotatable bonds is 7. The SMILES string of the molecule is O=c1[nH]c(CC2CCCCC2)cc(OCOP(O)O)c1-c1ccccc1. The molecule has 0 bridgehead atoms. The van der Waals surface area contributed by atoms with Gasteiger partial charge in [0, 0.05) is 11.8 Å². The zero-order chi connectivity index (χ0) is 18.4. The summed E-state index contributed by atoms with van der Waals surface area (Å²) in [5.41, 5.74) is 1.78. The van der Waals surface area contributed by atoms with Crippen molar-refractivity contribution < 1.29 is 19.0 Å². The largest absolute Gasteiger partial charge is 0.466 e. The second-order valence-electron chi connectivity index (χ2n) is 6.58. The second kappa shape index (κ2) is 9.28. The Labute approximate surface area is 153 Å². The Morgan fingerprint density at radius 3 is 2.54 bits per heavy atom. The van der Waals surface area contributed by atoms with Crippen molar-refractivity contribution in [2.75, 3.05) is 6.79 Å². The Balaban J connectivity index is 1.88. The number of aromatic amines is 1. The van der Waals surface area contributed by atoms with Crippen LogP contribution in [0.1, 0.15) is 37.8 Å². The molecule has 3 rings (SSSR count). The third-order valence-corrected chi connectivity index (χ3v) is 5.07. The fraction of sp³-hybridized carbons (Fsp3) is 0.421. The summed E-state index contributed by atoms with van der Waals surface area (Å²) in [6.07, 6.45) is 6.95. The molecule has 0 unspecified atom stereocenters. The van der Waals surface area contributed by atoms with Crippen LogP contribution >= 0.6 is 8.60 Å². The quantitative estimate of drug-likeness (QED) is 0.505. The summed E-state index contributed by atoms with van der Waals surface area (Å²) >= 11 is 0. The van der Waals surface area contributed by atoms with Crippen molar-refractivity contribution in [3.05, 3.63) is 52.4 Å². The fourth-order valence-electron chi connectivity index (χ4n) is 3.53. The van der Waals surface area contributed by atoms with Gasteiger partial charge in [0.25, 0.3) is 5.56 Å². The van der Waals surface area contributed by atoms with Crippen molar-refractivity contribution in [2.45, 2.75) is 38.5 Å². The van der Waals surface area contributed by atoms with Gasteiger partial charge >= 0.3 is 8.60 Å². The number of pyridine rings is 1. The lowest BCUT2D eigenvalue weighted by Crippen LogP contribution is -2.17. The van der Waals surface area contributed by atoms with Crippen LogP contribution in [0.15, 0.2) is 41.2 Å². The van der Waals surface area contributed by atoms with E-state index in [0.717, 1.165) is 17.7 Å². The molecular weight excluding hydrogens is 353 g/mol. The summed E-state index contributed by atoms with van der Waals surface area (Å²) in [5.74, 6) is 0.969. The summed E-state index contributed by atoms with van der Waals surface area (Å²) < 4.78 is 10.3. The van der Waals surface area contributed by atoms with E-state index >= 15 is 0 Å². The number of hydrogen-bond donors (Lipinski definition) is 3. The lowest BCUT2D eigenvalue weighted by Gasteiger charge is -2.22. The number of H-pyrrole nitrogens is 1. The first-order valence-corrected chi connectivity index (χ1v) is 10.0. The Morgan fingerprint density at radius 2 is 1.85 bits per heavy atom. The standard InChI is InChI=1S/C19H24NO5P/c21-19-18(15-9-5-2-6-10-15)17(24-13-25-26(22)23)12-16(20-19)11-14-7-3-1-4-8-14/h2,5-6,9-10,12,14,22-23H,1,3-4,7-8,11,13H2,(H,20,21). The van der Waals surface area contributed by atoms with Crippen LogP contribution in [0.4, 0.5) is 0 Å². The smallest absolute Gasteiger partial charge is 0.330 e. The molecule has 1 aliphatic carbocycles. The molecule has 1 saturated carbocycles. The molecule has 0 atom stereocenters. The van der Waals surface area contributed by atoms with Gasteiger partial charge in [0.1, 0.15) is 5.75 Å². The van der Waals surface area contributed by atoms with Gasteiger partial charge in [-0.25, -0.2) is 0 Å². The summed E-state index contributed by atoms with van der Waals surface area (Å²) in [4.78, 5) is 33.5. The molecule has 0 aliphatic heterocycles. The van der Waals surface area contributed by atoms with Gasteiger partial charge in [0.2, 0.25) is 0 Å². The molecule has 26 heavy (non-hydrogen) atoms. The molecule has 1 aromatic heterocycles. The first-order chi connectivity index (χ1) is 12.6. The fourth-order valence-corrected chi connectivity index (χ4v) is 3.67. The molecule has 0 amide bonds. The molecule has 140 valence electrons. The molecule has 1 aromatic carbocycles. The topological polar surface area (TPSA) is 91.8 Å². The van der Waals surface area contributed by atoms with Gasteiger partial charge in [-0.1, -0.05) is 62.4 Å². The van der Waals surface area contributed by atoms with E-state index in [-0.39, 0.29) is 12.4 Å². The Bertz CT molecular complexity index is 756. The molecule has 0 saturated heterocycles. The molecule has 2 aromatic rings. The second-order valence-corrected chi connectivity index (χ2v) is 7.34. The van der Waals surface area contributed by atoms with E-state index in [4.69, 9.17) is 19.0 Å². The summed E-state index contributed by atoms with van der Waals surface area (Å²) in [6.45, 7) is -0.329. The summed E-state index contributed by atoms with van der Waals surface area (Å²) in [6, 6.07) is 11.1. The van der Waals surface area contributed by atoms with Crippen molar-refractivity contribution in [3.8, 4) is 16.9 Å². The van der Waals surface area contributed by atoms with Crippen molar-refractivity contribution in [3.63, 3.8) is 0 Å². The van der Waals surface area contributed by atoms with E-state index in [2.05, 4.69) is 4.98 Å². The van der Waals surface area contributed by atoms with Crippen molar-refractivity contribution in [1.29, 1.82) is 0 Å². The van der Waals surface area contributed by atoms with E-state index in [0.29, 0.717) is 17.2 Å². The monoisotopic (exact) mass is 377 g/mol. The Hall–Kier alpha value is -1.72.